The molecule has 1 N–H and O–H groups in total. The minimum Gasteiger partial charge on any atom is -0.479 e. The number of aromatic nitrogens is 1. The van der Waals surface area contributed by atoms with Crippen LogP contribution in [-0.4, -0.2) is 46.1 Å². The van der Waals surface area contributed by atoms with Crippen molar-refractivity contribution < 1.29 is 19.4 Å². The Hall–Kier alpha value is -1.95. The van der Waals surface area contributed by atoms with Gasteiger partial charge in [-0.15, -0.1) is 0 Å². The highest BCUT2D eigenvalue weighted by molar-refractivity contribution is 5.83. The second-order valence-corrected chi connectivity index (χ2v) is 5.24. The van der Waals surface area contributed by atoms with Crippen LogP contribution in [0, 0.1) is 5.92 Å². The number of pyridine rings is 1. The normalized spacial score (nSPS) is 23.1. The Kier molecular flexibility index (Phi) is 4.34. The smallest absolute Gasteiger partial charge is 0.335 e. The molecule has 0 radical (unpaired) electrons. The van der Waals surface area contributed by atoms with E-state index in [9.17, 15) is 14.7 Å². The maximum Gasteiger partial charge on any atom is 0.335 e. The van der Waals surface area contributed by atoms with Gasteiger partial charge in [0.05, 0.1) is 6.04 Å². The molecule has 1 saturated heterocycles. The molecule has 1 amide bonds. The number of carbonyl (C=O) groups excluding carboxylic acids is 1. The number of hydrogen-bond donors (Lipinski definition) is 1. The molecule has 2 rings (SSSR count). The third-order valence-corrected chi connectivity index (χ3v) is 3.18. The van der Waals surface area contributed by atoms with Gasteiger partial charge in [0.15, 0.2) is 6.10 Å². The first-order valence-corrected chi connectivity index (χ1v) is 6.54. The molecule has 1 aromatic heterocycles. The molecule has 1 fully saturated rings. The predicted octanol–water partition coefficient (Wildman–Crippen LogP) is 1.09. The zero-order chi connectivity index (χ0) is 14.7. The van der Waals surface area contributed by atoms with E-state index in [1.807, 2.05) is 13.8 Å². The molecule has 0 spiro atoms. The first-order valence-electron chi connectivity index (χ1n) is 6.54. The Morgan fingerprint density at radius 3 is 2.70 bits per heavy atom. The number of ether oxygens (including phenoxy) is 1. The molecule has 20 heavy (non-hydrogen) atoms. The van der Waals surface area contributed by atoms with E-state index in [4.69, 9.17) is 4.74 Å². The average Bonchev–Trinajstić information content (AvgIpc) is 2.41. The van der Waals surface area contributed by atoms with Crippen molar-refractivity contribution in [3.63, 3.8) is 0 Å². The van der Waals surface area contributed by atoms with Gasteiger partial charge in [-0.2, -0.15) is 0 Å². The molecule has 108 valence electrons. The fourth-order valence-corrected chi connectivity index (χ4v) is 2.38. The number of carbonyl (C=O) groups is 2. The van der Waals surface area contributed by atoms with Crippen LogP contribution in [0.5, 0.6) is 0 Å². The summed E-state index contributed by atoms with van der Waals surface area (Å²) < 4.78 is 5.22. The van der Waals surface area contributed by atoms with Gasteiger partial charge in [-0.1, -0.05) is 13.8 Å². The first kappa shape index (κ1) is 14.5. The average molecular weight is 278 g/mol. The minimum atomic E-state index is -1.06. The van der Waals surface area contributed by atoms with Crippen LogP contribution < -0.4 is 0 Å². The lowest BCUT2D eigenvalue weighted by Crippen LogP contribution is -2.52. The molecule has 1 aliphatic heterocycles. The van der Waals surface area contributed by atoms with Crippen LogP contribution >= 0.6 is 0 Å². The second kappa shape index (κ2) is 6.00. The van der Waals surface area contributed by atoms with Crippen LogP contribution in [0.2, 0.25) is 0 Å². The fourth-order valence-electron chi connectivity index (χ4n) is 2.38. The van der Waals surface area contributed by atoms with Crippen molar-refractivity contribution in [3.8, 4) is 0 Å². The van der Waals surface area contributed by atoms with Crippen molar-refractivity contribution in [2.75, 3.05) is 13.2 Å². The standard InChI is InChI=1S/C14H18N2O4/c1-9(2)7-16-11(17)8-20-13(14(18)19)12(16)10-3-5-15-6-4-10/h3-6,9,12-13H,7-8H2,1-2H3,(H,18,19)/t12-,13+/m1/s1. The number of aliphatic carboxylic acids is 1. The maximum atomic E-state index is 12.1. The van der Waals surface area contributed by atoms with Crippen molar-refractivity contribution in [1.29, 1.82) is 0 Å². The summed E-state index contributed by atoms with van der Waals surface area (Å²) >= 11 is 0. The van der Waals surface area contributed by atoms with Gasteiger partial charge in [-0.3, -0.25) is 9.78 Å². The van der Waals surface area contributed by atoms with E-state index in [0.717, 1.165) is 5.56 Å². The number of nitrogens with zero attached hydrogens (tertiary/aromatic N) is 2. The molecular formula is C14H18N2O4. The molecule has 0 aromatic carbocycles. The summed E-state index contributed by atoms with van der Waals surface area (Å²) in [7, 11) is 0. The van der Waals surface area contributed by atoms with Gasteiger partial charge in [-0.25, -0.2) is 4.79 Å². The second-order valence-electron chi connectivity index (χ2n) is 5.24. The van der Waals surface area contributed by atoms with Gasteiger partial charge in [0.25, 0.3) is 0 Å². The minimum absolute atomic E-state index is 0.182. The van der Waals surface area contributed by atoms with Crippen molar-refractivity contribution in [3.05, 3.63) is 30.1 Å². The Morgan fingerprint density at radius 1 is 1.50 bits per heavy atom. The highest BCUT2D eigenvalue weighted by atomic mass is 16.5. The zero-order valence-electron chi connectivity index (χ0n) is 11.5. The van der Waals surface area contributed by atoms with Crippen LogP contribution in [0.25, 0.3) is 0 Å². The van der Waals surface area contributed by atoms with Crippen molar-refractivity contribution in [2.45, 2.75) is 26.0 Å². The molecule has 1 aliphatic rings. The number of amides is 1. The van der Waals surface area contributed by atoms with Gasteiger partial charge in [-0.05, 0) is 23.6 Å². The zero-order valence-corrected chi connectivity index (χ0v) is 11.5. The third-order valence-electron chi connectivity index (χ3n) is 3.18. The molecule has 6 nitrogen and oxygen atoms in total. The number of rotatable bonds is 4. The van der Waals surface area contributed by atoms with E-state index in [1.165, 1.54) is 0 Å². The van der Waals surface area contributed by atoms with Crippen LogP contribution in [0.3, 0.4) is 0 Å². The van der Waals surface area contributed by atoms with Gasteiger partial charge in [0.1, 0.15) is 6.61 Å². The van der Waals surface area contributed by atoms with Crippen LogP contribution in [0.15, 0.2) is 24.5 Å². The van der Waals surface area contributed by atoms with Gasteiger partial charge < -0.3 is 14.7 Å². The van der Waals surface area contributed by atoms with Crippen LogP contribution in [-0.2, 0) is 14.3 Å². The fraction of sp³-hybridized carbons (Fsp3) is 0.500. The van der Waals surface area contributed by atoms with Crippen LogP contribution in [0.4, 0.5) is 0 Å². The van der Waals surface area contributed by atoms with E-state index < -0.39 is 18.1 Å². The monoisotopic (exact) mass is 278 g/mol. The van der Waals surface area contributed by atoms with E-state index in [0.29, 0.717) is 6.54 Å². The van der Waals surface area contributed by atoms with E-state index in [2.05, 4.69) is 4.98 Å². The molecule has 1 aromatic rings. The van der Waals surface area contributed by atoms with E-state index in [-0.39, 0.29) is 18.4 Å². The lowest BCUT2D eigenvalue weighted by Gasteiger charge is -2.40. The highest BCUT2D eigenvalue weighted by Gasteiger charge is 2.41. The third kappa shape index (κ3) is 2.96. The van der Waals surface area contributed by atoms with Gasteiger partial charge >= 0.3 is 5.97 Å². The summed E-state index contributed by atoms with van der Waals surface area (Å²) in [6.45, 7) is 4.29. The molecule has 0 bridgehead atoms. The van der Waals surface area contributed by atoms with Gasteiger partial charge in [0.2, 0.25) is 5.91 Å². The number of morpholine rings is 1. The molecule has 0 aliphatic carbocycles. The van der Waals surface area contributed by atoms with E-state index >= 15 is 0 Å². The van der Waals surface area contributed by atoms with Crippen LogP contribution in [0.1, 0.15) is 25.5 Å². The summed E-state index contributed by atoms with van der Waals surface area (Å²) in [5.74, 6) is -0.998. The van der Waals surface area contributed by atoms with Crippen molar-refractivity contribution >= 4 is 11.9 Å². The summed E-state index contributed by atoms with van der Waals surface area (Å²) in [6.07, 6.45) is 2.12. The van der Waals surface area contributed by atoms with Crippen molar-refractivity contribution in [2.24, 2.45) is 5.92 Å². The molecule has 2 heterocycles. The highest BCUT2D eigenvalue weighted by Crippen LogP contribution is 2.30. The number of hydrogen-bond acceptors (Lipinski definition) is 4. The lowest BCUT2D eigenvalue weighted by molar-refractivity contribution is -0.173. The molecular weight excluding hydrogens is 260 g/mol. The molecule has 6 heteroatoms. The summed E-state index contributed by atoms with van der Waals surface area (Å²) in [5.41, 5.74) is 0.723. The summed E-state index contributed by atoms with van der Waals surface area (Å²) in [5, 5.41) is 9.33. The Balaban J connectivity index is 2.39. The first-order chi connectivity index (χ1) is 9.50. The van der Waals surface area contributed by atoms with Crippen molar-refractivity contribution in [1.82, 2.24) is 9.88 Å². The Labute approximate surface area is 117 Å². The molecule has 2 atom stereocenters. The lowest BCUT2D eigenvalue weighted by atomic mass is 9.97. The number of carboxylic acids is 1. The SMILES string of the molecule is CC(C)CN1C(=O)CO[C@H](C(=O)O)[C@H]1c1ccncc1. The largest absolute Gasteiger partial charge is 0.479 e. The number of carboxylic acid groups (broad SMARTS) is 1. The molecule has 0 unspecified atom stereocenters. The Morgan fingerprint density at radius 2 is 2.15 bits per heavy atom. The molecule has 0 saturated carbocycles. The van der Waals surface area contributed by atoms with E-state index in [1.54, 1.807) is 29.4 Å². The van der Waals surface area contributed by atoms with Gasteiger partial charge in [0, 0.05) is 18.9 Å². The maximum absolute atomic E-state index is 12.1. The summed E-state index contributed by atoms with van der Waals surface area (Å²) in [6, 6.07) is 2.82. The summed E-state index contributed by atoms with van der Waals surface area (Å²) in [4.78, 5) is 29.0. The Bertz CT molecular complexity index is 489. The quantitative estimate of drug-likeness (QED) is 0.891. The topological polar surface area (TPSA) is 79.7 Å². The predicted molar refractivity (Wildman–Crippen MR) is 70.9 cm³/mol.